The molecule has 0 spiro atoms. The molecular formula is C21H22N2O4. The smallest absolute Gasteiger partial charge is 0.250 e. The van der Waals surface area contributed by atoms with E-state index in [1.165, 1.54) is 7.11 Å². The maximum Gasteiger partial charge on any atom is 0.250 e. The number of methoxy groups -OCH3 is 1. The van der Waals surface area contributed by atoms with E-state index in [2.05, 4.69) is 10.6 Å². The predicted octanol–water partition coefficient (Wildman–Crippen LogP) is 3.82. The quantitative estimate of drug-likeness (QED) is 0.695. The van der Waals surface area contributed by atoms with Crippen molar-refractivity contribution in [2.45, 2.75) is 20.3 Å². The molecule has 0 aliphatic rings. The summed E-state index contributed by atoms with van der Waals surface area (Å²) in [6, 6.07) is 11.0. The Morgan fingerprint density at radius 2 is 1.74 bits per heavy atom. The first-order chi connectivity index (χ1) is 13.0. The van der Waals surface area contributed by atoms with Gasteiger partial charge in [-0.1, -0.05) is 18.2 Å². The summed E-state index contributed by atoms with van der Waals surface area (Å²) in [7, 11) is 1.46. The normalized spacial score (nSPS) is 10.8. The number of hydrogen-bond donors (Lipinski definition) is 2. The Kier molecular flexibility index (Phi) is 5.57. The predicted molar refractivity (Wildman–Crippen MR) is 105 cm³/mol. The van der Waals surface area contributed by atoms with Crippen LogP contribution in [0.2, 0.25) is 0 Å². The summed E-state index contributed by atoms with van der Waals surface area (Å²) in [5.74, 6) is -0.409. The molecule has 140 valence electrons. The maximum absolute atomic E-state index is 12.5. The number of nitrogens with one attached hydrogen (secondary N) is 2. The van der Waals surface area contributed by atoms with E-state index in [-0.39, 0.29) is 24.8 Å². The highest BCUT2D eigenvalue weighted by Gasteiger charge is 2.13. The Labute approximate surface area is 157 Å². The molecule has 0 fully saturated rings. The fourth-order valence-electron chi connectivity index (χ4n) is 2.91. The summed E-state index contributed by atoms with van der Waals surface area (Å²) in [5, 5.41) is 6.51. The van der Waals surface area contributed by atoms with Crippen molar-refractivity contribution in [3.8, 4) is 0 Å². The van der Waals surface area contributed by atoms with Crippen molar-refractivity contribution in [1.82, 2.24) is 0 Å². The van der Waals surface area contributed by atoms with E-state index in [1.807, 2.05) is 26.0 Å². The van der Waals surface area contributed by atoms with E-state index in [4.69, 9.17) is 9.15 Å². The van der Waals surface area contributed by atoms with Crippen molar-refractivity contribution in [3.63, 3.8) is 0 Å². The van der Waals surface area contributed by atoms with Gasteiger partial charge in [-0.15, -0.1) is 0 Å². The average molecular weight is 366 g/mol. The maximum atomic E-state index is 12.5. The standard InChI is InChI=1S/C21H22N2O4/c1-13-7-8-18-15(11-27-21(18)14(13)2)9-19(24)22-16-5-4-6-17(10-16)23-20(25)12-26-3/h4-8,10-11H,9,12H2,1-3H3,(H,22,24)(H,23,25). The van der Waals surface area contributed by atoms with Crippen LogP contribution in [0.15, 0.2) is 47.1 Å². The lowest BCUT2D eigenvalue weighted by Crippen LogP contribution is -2.18. The molecule has 0 saturated carbocycles. The highest BCUT2D eigenvalue weighted by atomic mass is 16.5. The van der Waals surface area contributed by atoms with Crippen molar-refractivity contribution < 1.29 is 18.7 Å². The van der Waals surface area contributed by atoms with Gasteiger partial charge in [0.1, 0.15) is 12.2 Å². The fourth-order valence-corrected chi connectivity index (χ4v) is 2.91. The number of hydrogen-bond acceptors (Lipinski definition) is 4. The second-order valence-corrected chi connectivity index (χ2v) is 6.43. The second-order valence-electron chi connectivity index (χ2n) is 6.43. The molecule has 1 heterocycles. The van der Waals surface area contributed by atoms with E-state index in [9.17, 15) is 9.59 Å². The summed E-state index contributed by atoms with van der Waals surface area (Å²) >= 11 is 0. The topological polar surface area (TPSA) is 80.6 Å². The molecule has 3 rings (SSSR count). The number of carbonyl (C=O) groups excluding carboxylic acids is 2. The first kappa shape index (κ1) is 18.7. The molecule has 2 aromatic carbocycles. The monoisotopic (exact) mass is 366 g/mol. The van der Waals surface area contributed by atoms with Gasteiger partial charge in [-0.3, -0.25) is 9.59 Å². The minimum absolute atomic E-state index is 0.0248. The molecular weight excluding hydrogens is 344 g/mol. The van der Waals surface area contributed by atoms with Gasteiger partial charge in [0, 0.05) is 29.4 Å². The van der Waals surface area contributed by atoms with Gasteiger partial charge < -0.3 is 19.8 Å². The number of rotatable bonds is 6. The Balaban J connectivity index is 1.70. The number of benzene rings is 2. The number of furan rings is 1. The molecule has 6 nitrogen and oxygen atoms in total. The third kappa shape index (κ3) is 4.35. The number of aryl methyl sites for hydroxylation is 2. The lowest BCUT2D eigenvalue weighted by Gasteiger charge is -2.08. The van der Waals surface area contributed by atoms with Crippen molar-refractivity contribution in [1.29, 1.82) is 0 Å². The zero-order valence-corrected chi connectivity index (χ0v) is 15.6. The summed E-state index contributed by atoms with van der Waals surface area (Å²) in [6.45, 7) is 4.01. The van der Waals surface area contributed by atoms with Crippen LogP contribution in [0.4, 0.5) is 11.4 Å². The van der Waals surface area contributed by atoms with Gasteiger partial charge in [0.2, 0.25) is 11.8 Å². The van der Waals surface area contributed by atoms with Crippen LogP contribution in [-0.4, -0.2) is 25.5 Å². The highest BCUT2D eigenvalue weighted by Crippen LogP contribution is 2.27. The summed E-state index contributed by atoms with van der Waals surface area (Å²) < 4.78 is 10.4. The van der Waals surface area contributed by atoms with Gasteiger partial charge in [-0.2, -0.15) is 0 Å². The fraction of sp³-hybridized carbons (Fsp3) is 0.238. The van der Waals surface area contributed by atoms with Crippen LogP contribution in [0.5, 0.6) is 0 Å². The molecule has 0 aliphatic heterocycles. The Hall–Kier alpha value is -3.12. The van der Waals surface area contributed by atoms with E-state index in [0.29, 0.717) is 11.4 Å². The number of anilines is 2. The lowest BCUT2D eigenvalue weighted by molar-refractivity contribution is -0.119. The van der Waals surface area contributed by atoms with Gasteiger partial charge in [0.15, 0.2) is 0 Å². The summed E-state index contributed by atoms with van der Waals surface area (Å²) in [6.07, 6.45) is 1.84. The number of ether oxygens (including phenoxy) is 1. The molecule has 2 N–H and O–H groups in total. The van der Waals surface area contributed by atoms with Gasteiger partial charge >= 0.3 is 0 Å². The third-order valence-corrected chi connectivity index (χ3v) is 4.40. The van der Waals surface area contributed by atoms with Crippen molar-refractivity contribution in [3.05, 3.63) is 59.4 Å². The molecule has 2 amide bonds. The van der Waals surface area contributed by atoms with E-state index in [1.54, 1.807) is 30.5 Å². The Bertz CT molecular complexity index is 991. The minimum atomic E-state index is -0.253. The van der Waals surface area contributed by atoms with Crippen LogP contribution in [0, 0.1) is 13.8 Å². The van der Waals surface area contributed by atoms with Crippen LogP contribution < -0.4 is 10.6 Å². The van der Waals surface area contributed by atoms with Gasteiger partial charge in [0.25, 0.3) is 0 Å². The van der Waals surface area contributed by atoms with Gasteiger partial charge in [0.05, 0.1) is 12.7 Å². The van der Waals surface area contributed by atoms with Gasteiger partial charge in [-0.05, 0) is 43.2 Å². The van der Waals surface area contributed by atoms with Crippen LogP contribution in [0.3, 0.4) is 0 Å². The molecule has 3 aromatic rings. The average Bonchev–Trinajstić information content (AvgIpc) is 3.02. The van der Waals surface area contributed by atoms with Crippen molar-refractivity contribution in [2.75, 3.05) is 24.4 Å². The first-order valence-electron chi connectivity index (χ1n) is 8.63. The summed E-state index contributed by atoms with van der Waals surface area (Å²) in [4.78, 5) is 24.1. The van der Waals surface area contributed by atoms with Crippen LogP contribution in [0.1, 0.15) is 16.7 Å². The molecule has 6 heteroatoms. The molecule has 0 aliphatic carbocycles. The molecule has 0 bridgehead atoms. The first-order valence-corrected chi connectivity index (χ1v) is 8.63. The highest BCUT2D eigenvalue weighted by molar-refractivity contribution is 5.97. The summed E-state index contributed by atoms with van der Waals surface area (Å²) in [5.41, 5.74) is 5.10. The van der Waals surface area contributed by atoms with E-state index < -0.39 is 0 Å². The van der Waals surface area contributed by atoms with E-state index >= 15 is 0 Å². The number of fused-ring (bicyclic) bond motifs is 1. The van der Waals surface area contributed by atoms with Crippen molar-refractivity contribution in [2.24, 2.45) is 0 Å². The minimum Gasteiger partial charge on any atom is -0.464 e. The Morgan fingerprint density at radius 3 is 2.44 bits per heavy atom. The lowest BCUT2D eigenvalue weighted by atomic mass is 10.0. The van der Waals surface area contributed by atoms with Crippen LogP contribution >= 0.6 is 0 Å². The van der Waals surface area contributed by atoms with Crippen LogP contribution in [0.25, 0.3) is 11.0 Å². The molecule has 0 atom stereocenters. The second kappa shape index (κ2) is 8.05. The molecule has 0 radical (unpaired) electrons. The van der Waals surface area contributed by atoms with Gasteiger partial charge in [-0.25, -0.2) is 0 Å². The van der Waals surface area contributed by atoms with E-state index in [0.717, 1.165) is 27.7 Å². The largest absolute Gasteiger partial charge is 0.464 e. The van der Waals surface area contributed by atoms with Crippen LogP contribution in [-0.2, 0) is 20.7 Å². The number of amides is 2. The third-order valence-electron chi connectivity index (χ3n) is 4.40. The van der Waals surface area contributed by atoms with Crippen molar-refractivity contribution >= 4 is 34.2 Å². The zero-order valence-electron chi connectivity index (χ0n) is 15.6. The molecule has 27 heavy (non-hydrogen) atoms. The number of carbonyl (C=O) groups is 2. The SMILES string of the molecule is COCC(=O)Nc1cccc(NC(=O)Cc2coc3c(C)c(C)ccc23)c1. The zero-order chi connectivity index (χ0) is 19.4. The molecule has 0 unspecified atom stereocenters. The molecule has 1 aromatic heterocycles. The molecule has 0 saturated heterocycles. The Morgan fingerprint density at radius 1 is 1.04 bits per heavy atom.